The fourth-order valence-electron chi connectivity index (χ4n) is 9.24. The molecule has 1 spiro atoms. The van der Waals surface area contributed by atoms with Crippen molar-refractivity contribution in [1.82, 2.24) is 30.7 Å². The number of alkyl halides is 2. The van der Waals surface area contributed by atoms with E-state index in [1.54, 1.807) is 0 Å². The average molecular weight is 609 g/mol. The Kier molecular flexibility index (Phi) is 9.62. The number of piperazine rings is 1. The first-order chi connectivity index (χ1) is 20.7. The quantitative estimate of drug-likeness (QED) is 0.273. The summed E-state index contributed by atoms with van der Waals surface area (Å²) in [5, 5.41) is 9.61. The molecule has 0 bridgehead atoms. The number of carbonyl (C=O) groups is 2. The highest BCUT2D eigenvalue weighted by Gasteiger charge is 2.51. The first kappa shape index (κ1) is 31.5. The summed E-state index contributed by atoms with van der Waals surface area (Å²) in [4.78, 5) is 33.9. The number of rotatable bonds is 6. The highest BCUT2D eigenvalue weighted by atomic mass is 19.1. The molecule has 12 heteroatoms. The molecule has 43 heavy (non-hydrogen) atoms. The fourth-order valence-corrected chi connectivity index (χ4v) is 9.24. The topological polar surface area (TPSA) is 132 Å². The van der Waals surface area contributed by atoms with Gasteiger partial charge in [0.2, 0.25) is 11.8 Å². The molecule has 2 saturated carbocycles. The lowest BCUT2D eigenvalue weighted by Gasteiger charge is -2.46. The second-order valence-corrected chi connectivity index (χ2v) is 14.6. The molecule has 8 unspecified atom stereocenters. The molecule has 2 amide bonds. The van der Waals surface area contributed by atoms with Gasteiger partial charge in [0.15, 0.2) is 0 Å². The van der Waals surface area contributed by atoms with Gasteiger partial charge in [-0.05, 0) is 76.9 Å². The zero-order valence-electron chi connectivity index (χ0n) is 25.9. The van der Waals surface area contributed by atoms with Gasteiger partial charge < -0.3 is 32.3 Å². The number of nitrogens with two attached hydrogens (primary N) is 2. The number of likely N-dealkylation sites (tertiary alicyclic amines) is 1. The molecule has 0 aromatic heterocycles. The summed E-state index contributed by atoms with van der Waals surface area (Å²) in [5.74, 6) is -0.807. The number of nitrogens with one attached hydrogen (secondary N) is 3. The van der Waals surface area contributed by atoms with E-state index in [1.165, 1.54) is 0 Å². The average Bonchev–Trinajstić information content (AvgIpc) is 3.66. The summed E-state index contributed by atoms with van der Waals surface area (Å²) >= 11 is 0. The lowest BCUT2D eigenvalue weighted by atomic mass is 9.72. The molecule has 4 heterocycles. The molecule has 8 atom stereocenters. The Morgan fingerprint density at radius 1 is 0.953 bits per heavy atom. The van der Waals surface area contributed by atoms with Crippen LogP contribution < -0.4 is 27.4 Å². The van der Waals surface area contributed by atoms with E-state index in [0.29, 0.717) is 51.0 Å². The van der Waals surface area contributed by atoms with E-state index in [-0.39, 0.29) is 42.3 Å². The van der Waals surface area contributed by atoms with E-state index in [2.05, 4.69) is 37.7 Å². The van der Waals surface area contributed by atoms with Gasteiger partial charge in [-0.25, -0.2) is 8.78 Å². The van der Waals surface area contributed by atoms with Gasteiger partial charge in [0, 0.05) is 56.8 Å². The molecule has 2 aliphatic carbocycles. The van der Waals surface area contributed by atoms with Crippen molar-refractivity contribution in [2.24, 2.45) is 28.7 Å². The molecule has 6 fully saturated rings. The Morgan fingerprint density at radius 2 is 1.70 bits per heavy atom. The van der Waals surface area contributed by atoms with Crippen molar-refractivity contribution in [2.45, 2.75) is 113 Å². The SMILES string of the molecule is CN1CCN(C(=O)C2CCN(C3C(F)CNCC3NC(=O)C(C(N)N)C3CC4(CCCC4)CCC(F)CN3)CC2)C2CC21. The molecule has 0 radical (unpaired) electrons. The highest BCUT2D eigenvalue weighted by Crippen LogP contribution is 2.47. The van der Waals surface area contributed by atoms with Crippen LogP contribution in [0.15, 0.2) is 0 Å². The molecule has 6 aliphatic rings. The highest BCUT2D eigenvalue weighted by molar-refractivity contribution is 5.81. The van der Waals surface area contributed by atoms with Gasteiger partial charge in [0.1, 0.15) is 12.3 Å². The Hall–Kier alpha value is -1.44. The molecule has 6 rings (SSSR count). The third kappa shape index (κ3) is 6.74. The lowest BCUT2D eigenvalue weighted by Crippen LogP contribution is -2.68. The van der Waals surface area contributed by atoms with Crippen molar-refractivity contribution in [3.63, 3.8) is 0 Å². The first-order valence-corrected chi connectivity index (χ1v) is 16.9. The fraction of sp³-hybridized carbons (Fsp3) is 0.935. The van der Waals surface area contributed by atoms with Crippen molar-refractivity contribution < 1.29 is 18.4 Å². The van der Waals surface area contributed by atoms with Crippen LogP contribution in [0, 0.1) is 17.3 Å². The zero-order chi connectivity index (χ0) is 30.3. The minimum absolute atomic E-state index is 0.0150. The van der Waals surface area contributed by atoms with Crippen LogP contribution in [-0.2, 0) is 9.59 Å². The number of halogens is 2. The number of amides is 2. The van der Waals surface area contributed by atoms with Gasteiger partial charge in [-0.1, -0.05) is 12.8 Å². The molecular weight excluding hydrogens is 554 g/mol. The van der Waals surface area contributed by atoms with E-state index in [1.807, 2.05) is 0 Å². The Bertz CT molecular complexity index is 991. The predicted molar refractivity (Wildman–Crippen MR) is 161 cm³/mol. The predicted octanol–water partition coefficient (Wildman–Crippen LogP) is 0.308. The monoisotopic (exact) mass is 608 g/mol. The number of piperidine rings is 2. The standard InChI is InChI=1S/C31H54F2N8O2/c1-39-12-13-41(25-14-24(25)39)30(43)19-5-10-40(11-6-19)27-21(33)17-36-18-23(27)38-29(42)26(28(34)35)22-15-31(7-2-3-8-31)9-4-20(32)16-37-22/h19-28,36-37H,2-18,34-35H2,1H3,(H,38,42). The zero-order valence-corrected chi connectivity index (χ0v) is 25.9. The van der Waals surface area contributed by atoms with E-state index >= 15 is 4.39 Å². The summed E-state index contributed by atoms with van der Waals surface area (Å²) in [6, 6.07) is -0.423. The van der Waals surface area contributed by atoms with Gasteiger partial charge in [0.25, 0.3) is 0 Å². The summed E-state index contributed by atoms with van der Waals surface area (Å²) in [6.07, 6.45) is 5.88. The van der Waals surface area contributed by atoms with E-state index in [9.17, 15) is 14.0 Å². The number of nitrogens with zero attached hydrogens (tertiary/aromatic N) is 3. The molecule has 7 N–H and O–H groups in total. The van der Waals surface area contributed by atoms with Crippen LogP contribution in [0.5, 0.6) is 0 Å². The maximum absolute atomic E-state index is 15.6. The van der Waals surface area contributed by atoms with Gasteiger partial charge in [-0.3, -0.25) is 19.4 Å². The normalized spacial score (nSPS) is 38.4. The lowest BCUT2D eigenvalue weighted by molar-refractivity contribution is -0.139. The van der Waals surface area contributed by atoms with Crippen LogP contribution >= 0.6 is 0 Å². The number of hydrogen-bond acceptors (Lipinski definition) is 8. The van der Waals surface area contributed by atoms with Crippen molar-refractivity contribution >= 4 is 11.8 Å². The van der Waals surface area contributed by atoms with Crippen LogP contribution in [-0.4, -0.2) is 128 Å². The van der Waals surface area contributed by atoms with Crippen molar-refractivity contribution in [3.8, 4) is 0 Å². The minimum atomic E-state index is -1.16. The second-order valence-electron chi connectivity index (χ2n) is 14.6. The largest absolute Gasteiger partial charge is 0.350 e. The number of likely N-dealkylation sites (N-methyl/N-ethyl adjacent to an activating group) is 1. The maximum atomic E-state index is 15.6. The number of hydrogen-bond donors (Lipinski definition) is 5. The van der Waals surface area contributed by atoms with Gasteiger partial charge in [-0.2, -0.15) is 0 Å². The Morgan fingerprint density at radius 3 is 2.42 bits per heavy atom. The van der Waals surface area contributed by atoms with Crippen LogP contribution in [0.3, 0.4) is 0 Å². The molecule has 10 nitrogen and oxygen atoms in total. The van der Waals surface area contributed by atoms with Crippen LogP contribution in [0.2, 0.25) is 0 Å². The third-order valence-corrected chi connectivity index (χ3v) is 11.8. The third-order valence-electron chi connectivity index (χ3n) is 11.8. The molecule has 4 aliphatic heterocycles. The summed E-state index contributed by atoms with van der Waals surface area (Å²) in [5.41, 5.74) is 12.5. The molecule has 0 aromatic rings. The van der Waals surface area contributed by atoms with Crippen molar-refractivity contribution in [1.29, 1.82) is 0 Å². The molecule has 0 aromatic carbocycles. The number of carbonyl (C=O) groups excluding carboxylic acids is 2. The maximum Gasteiger partial charge on any atom is 0.227 e. The van der Waals surface area contributed by atoms with E-state index in [0.717, 1.165) is 58.0 Å². The first-order valence-electron chi connectivity index (χ1n) is 16.9. The van der Waals surface area contributed by atoms with E-state index in [4.69, 9.17) is 11.5 Å². The summed E-state index contributed by atoms with van der Waals surface area (Å²) in [7, 11) is 2.13. The van der Waals surface area contributed by atoms with Crippen LogP contribution in [0.25, 0.3) is 0 Å². The number of fused-ring (bicyclic) bond motifs is 1. The van der Waals surface area contributed by atoms with Crippen molar-refractivity contribution in [2.75, 3.05) is 52.9 Å². The van der Waals surface area contributed by atoms with Crippen LogP contribution in [0.1, 0.15) is 64.2 Å². The van der Waals surface area contributed by atoms with Crippen molar-refractivity contribution in [3.05, 3.63) is 0 Å². The molecular formula is C31H54F2N8O2. The van der Waals surface area contributed by atoms with E-state index < -0.39 is 36.5 Å². The van der Waals surface area contributed by atoms with Crippen LogP contribution in [0.4, 0.5) is 8.78 Å². The molecule has 244 valence electrons. The van der Waals surface area contributed by atoms with Gasteiger partial charge >= 0.3 is 0 Å². The Balaban J connectivity index is 1.09. The minimum Gasteiger partial charge on any atom is -0.350 e. The second kappa shape index (κ2) is 13.1. The van der Waals surface area contributed by atoms with Gasteiger partial charge in [0.05, 0.1) is 24.2 Å². The summed E-state index contributed by atoms with van der Waals surface area (Å²) in [6.45, 7) is 3.82. The Labute approximate surface area is 255 Å². The summed E-state index contributed by atoms with van der Waals surface area (Å²) < 4.78 is 30.3. The molecule has 4 saturated heterocycles. The smallest absolute Gasteiger partial charge is 0.227 e. The van der Waals surface area contributed by atoms with Gasteiger partial charge in [-0.15, -0.1) is 0 Å².